The maximum atomic E-state index is 13.7. The van der Waals surface area contributed by atoms with E-state index in [1.54, 1.807) is 24.3 Å². The minimum Gasteiger partial charge on any atom is -0.495 e. The summed E-state index contributed by atoms with van der Waals surface area (Å²) in [5, 5.41) is 4.67. The predicted octanol–water partition coefficient (Wildman–Crippen LogP) is 4.91. The first-order valence-electron chi connectivity index (χ1n) is 8.18. The van der Waals surface area contributed by atoms with Crippen LogP contribution in [0.1, 0.15) is 5.56 Å². The lowest BCUT2D eigenvalue weighted by Crippen LogP contribution is -2.15. The van der Waals surface area contributed by atoms with Gasteiger partial charge in [-0.15, -0.1) is 0 Å². The Kier molecular flexibility index (Phi) is 4.05. The first-order chi connectivity index (χ1) is 12.7. The van der Waals surface area contributed by atoms with E-state index in [2.05, 4.69) is 5.32 Å². The molecule has 130 valence electrons. The van der Waals surface area contributed by atoms with Crippen LogP contribution in [0.4, 0.5) is 10.1 Å². The zero-order valence-corrected chi connectivity index (χ0v) is 14.1. The van der Waals surface area contributed by atoms with Crippen molar-refractivity contribution in [1.29, 1.82) is 0 Å². The summed E-state index contributed by atoms with van der Waals surface area (Å²) < 4.78 is 25.0. The number of furan rings is 1. The van der Waals surface area contributed by atoms with E-state index in [4.69, 9.17) is 9.15 Å². The van der Waals surface area contributed by atoms with Crippen molar-refractivity contribution in [2.24, 2.45) is 0 Å². The monoisotopic (exact) mass is 349 g/mol. The van der Waals surface area contributed by atoms with E-state index >= 15 is 0 Å². The predicted molar refractivity (Wildman–Crippen MR) is 99.0 cm³/mol. The van der Waals surface area contributed by atoms with Crippen molar-refractivity contribution < 1.29 is 18.3 Å². The zero-order valence-electron chi connectivity index (χ0n) is 14.1. The van der Waals surface area contributed by atoms with Gasteiger partial charge in [-0.1, -0.05) is 36.4 Å². The molecule has 0 saturated heterocycles. The SMILES string of the molecule is COc1cc2c(cc1NC(=O)Cc1ccccc1F)oc1ccccc12. The van der Waals surface area contributed by atoms with Crippen LogP contribution in [0.15, 0.2) is 65.1 Å². The molecule has 1 N–H and O–H groups in total. The second-order valence-corrected chi connectivity index (χ2v) is 5.96. The lowest BCUT2D eigenvalue weighted by molar-refractivity contribution is -0.115. The lowest BCUT2D eigenvalue weighted by Gasteiger charge is -2.10. The second-order valence-electron chi connectivity index (χ2n) is 5.96. The van der Waals surface area contributed by atoms with E-state index in [-0.39, 0.29) is 12.3 Å². The van der Waals surface area contributed by atoms with Crippen LogP contribution in [0.2, 0.25) is 0 Å². The molecule has 5 heteroatoms. The van der Waals surface area contributed by atoms with Crippen molar-refractivity contribution in [1.82, 2.24) is 0 Å². The molecular weight excluding hydrogens is 333 g/mol. The van der Waals surface area contributed by atoms with Crippen LogP contribution in [0.25, 0.3) is 21.9 Å². The normalized spacial score (nSPS) is 11.0. The van der Waals surface area contributed by atoms with Crippen LogP contribution >= 0.6 is 0 Å². The Morgan fingerprint density at radius 3 is 2.62 bits per heavy atom. The van der Waals surface area contributed by atoms with Crippen LogP contribution in [0, 0.1) is 5.82 Å². The van der Waals surface area contributed by atoms with E-state index in [1.165, 1.54) is 13.2 Å². The zero-order chi connectivity index (χ0) is 18.1. The molecule has 1 aromatic heterocycles. The molecule has 0 saturated carbocycles. The number of amides is 1. The number of hydrogen-bond donors (Lipinski definition) is 1. The van der Waals surface area contributed by atoms with E-state index in [9.17, 15) is 9.18 Å². The Hall–Kier alpha value is -3.34. The summed E-state index contributed by atoms with van der Waals surface area (Å²) >= 11 is 0. The number of para-hydroxylation sites is 1. The quantitative estimate of drug-likeness (QED) is 0.569. The van der Waals surface area contributed by atoms with Crippen molar-refractivity contribution >= 4 is 33.5 Å². The van der Waals surface area contributed by atoms with Crippen molar-refractivity contribution in [3.05, 3.63) is 72.0 Å². The van der Waals surface area contributed by atoms with Crippen LogP contribution in [-0.4, -0.2) is 13.0 Å². The van der Waals surface area contributed by atoms with Gasteiger partial charge in [0.25, 0.3) is 0 Å². The number of halogens is 1. The van der Waals surface area contributed by atoms with Gasteiger partial charge in [0.1, 0.15) is 22.7 Å². The molecule has 4 nitrogen and oxygen atoms in total. The number of fused-ring (bicyclic) bond motifs is 3. The number of hydrogen-bond acceptors (Lipinski definition) is 3. The molecule has 0 aliphatic rings. The summed E-state index contributed by atoms with van der Waals surface area (Å²) in [5.74, 6) is -0.211. The largest absolute Gasteiger partial charge is 0.495 e. The molecule has 0 spiro atoms. The molecule has 1 amide bonds. The number of rotatable bonds is 4. The first kappa shape index (κ1) is 16.1. The van der Waals surface area contributed by atoms with Gasteiger partial charge in [-0.3, -0.25) is 4.79 Å². The molecule has 26 heavy (non-hydrogen) atoms. The van der Waals surface area contributed by atoms with E-state index in [1.807, 2.05) is 30.3 Å². The van der Waals surface area contributed by atoms with Crippen molar-refractivity contribution in [2.45, 2.75) is 6.42 Å². The summed E-state index contributed by atoms with van der Waals surface area (Å²) in [4.78, 5) is 12.3. The highest BCUT2D eigenvalue weighted by Gasteiger charge is 2.15. The highest BCUT2D eigenvalue weighted by molar-refractivity contribution is 6.07. The Morgan fingerprint density at radius 1 is 1.04 bits per heavy atom. The summed E-state index contributed by atoms with van der Waals surface area (Å²) in [7, 11) is 1.54. The molecule has 1 heterocycles. The van der Waals surface area contributed by atoms with Gasteiger partial charge < -0.3 is 14.5 Å². The average molecular weight is 349 g/mol. The number of methoxy groups -OCH3 is 1. The summed E-state index contributed by atoms with van der Waals surface area (Å²) in [6, 6.07) is 17.5. The third-order valence-electron chi connectivity index (χ3n) is 4.28. The van der Waals surface area contributed by atoms with Gasteiger partial charge in [-0.2, -0.15) is 0 Å². The highest BCUT2D eigenvalue weighted by Crippen LogP contribution is 2.36. The van der Waals surface area contributed by atoms with Crippen LogP contribution < -0.4 is 10.1 Å². The molecule has 0 atom stereocenters. The molecule has 0 bridgehead atoms. The van der Waals surface area contributed by atoms with Crippen molar-refractivity contribution in [3.8, 4) is 5.75 Å². The summed E-state index contributed by atoms with van der Waals surface area (Å²) in [6.07, 6.45) is -0.0615. The van der Waals surface area contributed by atoms with Crippen molar-refractivity contribution in [3.63, 3.8) is 0 Å². The van der Waals surface area contributed by atoms with Gasteiger partial charge in [0.05, 0.1) is 19.2 Å². The van der Waals surface area contributed by atoms with E-state index in [0.717, 1.165) is 16.4 Å². The van der Waals surface area contributed by atoms with Gasteiger partial charge in [-0.25, -0.2) is 4.39 Å². The fourth-order valence-electron chi connectivity index (χ4n) is 3.03. The molecule has 0 fully saturated rings. The van der Waals surface area contributed by atoms with Gasteiger partial charge >= 0.3 is 0 Å². The van der Waals surface area contributed by atoms with Crippen LogP contribution in [-0.2, 0) is 11.2 Å². The minimum atomic E-state index is -0.401. The standard InChI is InChI=1S/C21H16FNO3/c1-25-20-11-15-14-7-3-5-9-18(14)26-19(15)12-17(20)23-21(24)10-13-6-2-4-8-16(13)22/h2-9,11-12H,10H2,1H3,(H,23,24). The average Bonchev–Trinajstić information content (AvgIpc) is 3.00. The molecule has 0 aliphatic heterocycles. The third-order valence-corrected chi connectivity index (χ3v) is 4.28. The number of carbonyl (C=O) groups excluding carboxylic acids is 1. The van der Waals surface area contributed by atoms with Crippen molar-refractivity contribution in [2.75, 3.05) is 12.4 Å². The number of anilines is 1. The van der Waals surface area contributed by atoms with Crippen LogP contribution in [0.3, 0.4) is 0 Å². The molecular formula is C21H16FNO3. The molecule has 4 aromatic rings. The molecule has 3 aromatic carbocycles. The molecule has 0 aliphatic carbocycles. The summed E-state index contributed by atoms with van der Waals surface area (Å²) in [5.41, 5.74) is 2.24. The van der Waals surface area contributed by atoms with Gasteiger partial charge in [-0.05, 0) is 23.8 Å². The Bertz CT molecular complexity index is 1120. The summed E-state index contributed by atoms with van der Waals surface area (Å²) in [6.45, 7) is 0. The molecule has 4 rings (SSSR count). The highest BCUT2D eigenvalue weighted by atomic mass is 19.1. The van der Waals surface area contributed by atoms with E-state index < -0.39 is 5.82 Å². The Balaban J connectivity index is 1.68. The fraction of sp³-hybridized carbons (Fsp3) is 0.0952. The van der Waals surface area contributed by atoms with Crippen LogP contribution in [0.5, 0.6) is 5.75 Å². The Morgan fingerprint density at radius 2 is 1.81 bits per heavy atom. The lowest BCUT2D eigenvalue weighted by atomic mass is 10.1. The number of carbonyl (C=O) groups is 1. The topological polar surface area (TPSA) is 51.5 Å². The Labute approximate surface area is 149 Å². The van der Waals surface area contributed by atoms with Gasteiger partial charge in [0.2, 0.25) is 5.91 Å². The van der Waals surface area contributed by atoms with Gasteiger partial charge in [0.15, 0.2) is 0 Å². The maximum absolute atomic E-state index is 13.7. The van der Waals surface area contributed by atoms with Gasteiger partial charge in [0, 0.05) is 16.8 Å². The molecule has 0 unspecified atom stereocenters. The first-order valence-corrected chi connectivity index (χ1v) is 8.18. The number of nitrogens with one attached hydrogen (secondary N) is 1. The molecule has 0 radical (unpaired) electrons. The third kappa shape index (κ3) is 2.88. The van der Waals surface area contributed by atoms with E-state index in [0.29, 0.717) is 22.6 Å². The minimum absolute atomic E-state index is 0.0615. The fourth-order valence-corrected chi connectivity index (χ4v) is 3.03. The maximum Gasteiger partial charge on any atom is 0.229 e. The smallest absolute Gasteiger partial charge is 0.229 e. The number of benzene rings is 3. The number of ether oxygens (including phenoxy) is 1. The second kappa shape index (κ2) is 6.52.